The van der Waals surface area contributed by atoms with E-state index < -0.39 is 0 Å². The van der Waals surface area contributed by atoms with Crippen LogP contribution in [-0.4, -0.2) is 66.2 Å². The van der Waals surface area contributed by atoms with E-state index >= 15 is 0 Å². The summed E-state index contributed by atoms with van der Waals surface area (Å²) in [6.07, 6.45) is 6.01. The molecule has 3 aliphatic rings. The van der Waals surface area contributed by atoms with Gasteiger partial charge in [-0.05, 0) is 30.5 Å². The highest BCUT2D eigenvalue weighted by Crippen LogP contribution is 2.35. The number of fused-ring (bicyclic) bond motifs is 1. The quantitative estimate of drug-likeness (QED) is 0.664. The van der Waals surface area contributed by atoms with Crippen molar-refractivity contribution in [2.45, 2.75) is 50.5 Å². The lowest BCUT2D eigenvalue weighted by Crippen LogP contribution is -2.57. The molecule has 0 atom stereocenters. The lowest BCUT2D eigenvalue weighted by Gasteiger charge is -2.43. The van der Waals surface area contributed by atoms with Crippen molar-refractivity contribution in [1.29, 1.82) is 0 Å². The Balaban J connectivity index is 1.10. The molecule has 9 nitrogen and oxygen atoms in total. The molecule has 32 heavy (non-hydrogen) atoms. The van der Waals surface area contributed by atoms with Crippen LogP contribution in [0.1, 0.15) is 49.4 Å². The van der Waals surface area contributed by atoms with Crippen molar-refractivity contribution < 1.29 is 23.4 Å². The first-order valence-electron chi connectivity index (χ1n) is 11.5. The molecule has 9 heteroatoms. The summed E-state index contributed by atoms with van der Waals surface area (Å²) in [6.45, 7) is 4.40. The van der Waals surface area contributed by atoms with E-state index in [0.29, 0.717) is 37.6 Å². The average molecular weight is 443 g/mol. The number of amides is 1. The lowest BCUT2D eigenvalue weighted by molar-refractivity contribution is -0.122. The number of benzene rings is 1. The first-order valence-corrected chi connectivity index (χ1v) is 11.5. The van der Waals surface area contributed by atoms with Gasteiger partial charge in [-0.2, -0.15) is 0 Å². The Labute approximate surface area is 187 Å². The summed E-state index contributed by atoms with van der Waals surface area (Å²) in [4.78, 5) is 15.1. The molecule has 0 bridgehead atoms. The topological polar surface area (TPSA) is 99.0 Å². The van der Waals surface area contributed by atoms with Crippen LogP contribution in [0.4, 0.5) is 0 Å². The molecule has 1 aromatic carbocycles. The molecule has 2 fully saturated rings. The number of morpholine rings is 1. The van der Waals surface area contributed by atoms with E-state index in [1.165, 1.54) is 12.8 Å². The minimum atomic E-state index is 0.0278. The summed E-state index contributed by atoms with van der Waals surface area (Å²) in [7, 11) is 0. The smallest absolute Gasteiger partial charge is 0.231 e. The molecule has 1 aliphatic carbocycles. The van der Waals surface area contributed by atoms with Crippen molar-refractivity contribution in [2.24, 2.45) is 0 Å². The molecule has 0 unspecified atom stereocenters. The number of aryl methyl sites for hydroxylation is 1. The summed E-state index contributed by atoms with van der Waals surface area (Å²) in [5.74, 6) is 2.52. The first kappa shape index (κ1) is 21.2. The van der Waals surface area contributed by atoms with Crippen LogP contribution in [-0.2, 0) is 22.4 Å². The second-order valence-electron chi connectivity index (χ2n) is 8.76. The van der Waals surface area contributed by atoms with Crippen LogP contribution in [0.5, 0.6) is 11.5 Å². The Hall–Kier alpha value is -2.65. The molecule has 1 aromatic heterocycles. The third-order valence-corrected chi connectivity index (χ3v) is 6.70. The molecule has 2 aliphatic heterocycles. The number of nitrogens with one attached hydrogen (secondary N) is 1. The second kappa shape index (κ2) is 9.46. The standard InChI is InChI=1S/C23H30N4O5/c28-20(24-15-23(7-1-2-8-23)27-9-11-29-12-10-27)5-6-21-25-26-22(32-21)14-17-3-4-18-19(13-17)31-16-30-18/h3-4,13H,1-2,5-12,14-16H2,(H,24,28). The summed E-state index contributed by atoms with van der Waals surface area (Å²) in [5, 5.41) is 11.4. The van der Waals surface area contributed by atoms with Crippen molar-refractivity contribution in [3.63, 3.8) is 0 Å². The molecule has 172 valence electrons. The van der Waals surface area contributed by atoms with E-state index in [2.05, 4.69) is 20.4 Å². The number of nitrogens with zero attached hydrogens (tertiary/aromatic N) is 3. The summed E-state index contributed by atoms with van der Waals surface area (Å²) < 4.78 is 22.0. The highest BCUT2D eigenvalue weighted by Gasteiger charge is 2.40. The molecular weight excluding hydrogens is 412 g/mol. The maximum atomic E-state index is 12.5. The number of hydrogen-bond acceptors (Lipinski definition) is 8. The minimum absolute atomic E-state index is 0.0278. The molecule has 1 amide bonds. The van der Waals surface area contributed by atoms with Gasteiger partial charge in [-0.1, -0.05) is 18.9 Å². The van der Waals surface area contributed by atoms with Crippen molar-refractivity contribution in [3.05, 3.63) is 35.5 Å². The monoisotopic (exact) mass is 442 g/mol. The minimum Gasteiger partial charge on any atom is -0.454 e. The Morgan fingerprint density at radius 3 is 2.69 bits per heavy atom. The second-order valence-corrected chi connectivity index (χ2v) is 8.76. The van der Waals surface area contributed by atoms with Gasteiger partial charge >= 0.3 is 0 Å². The number of carbonyl (C=O) groups is 1. The van der Waals surface area contributed by atoms with E-state index in [0.717, 1.165) is 56.2 Å². The third kappa shape index (κ3) is 4.73. The molecule has 2 aromatic rings. The molecule has 0 radical (unpaired) electrons. The van der Waals surface area contributed by atoms with Crippen LogP contribution in [0.2, 0.25) is 0 Å². The summed E-state index contributed by atoms with van der Waals surface area (Å²) in [5.41, 5.74) is 1.09. The van der Waals surface area contributed by atoms with Crippen LogP contribution in [0.3, 0.4) is 0 Å². The van der Waals surface area contributed by atoms with Crippen molar-refractivity contribution in [2.75, 3.05) is 39.6 Å². The maximum Gasteiger partial charge on any atom is 0.231 e. The van der Waals surface area contributed by atoms with Crippen LogP contribution < -0.4 is 14.8 Å². The number of aromatic nitrogens is 2. The highest BCUT2D eigenvalue weighted by molar-refractivity contribution is 5.76. The van der Waals surface area contributed by atoms with E-state index in [1.807, 2.05) is 18.2 Å². The molecule has 5 rings (SSSR count). The van der Waals surface area contributed by atoms with Gasteiger partial charge in [0.1, 0.15) is 0 Å². The zero-order valence-corrected chi connectivity index (χ0v) is 18.3. The molecule has 1 saturated heterocycles. The zero-order chi connectivity index (χ0) is 21.8. The molecular formula is C23H30N4O5. The van der Waals surface area contributed by atoms with Gasteiger partial charge in [-0.3, -0.25) is 9.69 Å². The van der Waals surface area contributed by atoms with E-state index in [4.69, 9.17) is 18.6 Å². The predicted molar refractivity (Wildman–Crippen MR) is 115 cm³/mol. The Kier molecular flexibility index (Phi) is 6.27. The summed E-state index contributed by atoms with van der Waals surface area (Å²) >= 11 is 0. The van der Waals surface area contributed by atoms with Crippen LogP contribution in [0.15, 0.2) is 22.6 Å². The fourth-order valence-electron chi connectivity index (χ4n) is 4.93. The Bertz CT molecular complexity index is 934. The van der Waals surface area contributed by atoms with E-state index in [9.17, 15) is 4.79 Å². The normalized spacial score (nSPS) is 19.9. The predicted octanol–water partition coefficient (Wildman–Crippen LogP) is 2.08. The van der Waals surface area contributed by atoms with Gasteiger partial charge in [-0.25, -0.2) is 0 Å². The summed E-state index contributed by atoms with van der Waals surface area (Å²) in [6, 6.07) is 5.76. The van der Waals surface area contributed by atoms with E-state index in [-0.39, 0.29) is 18.2 Å². The number of carbonyl (C=O) groups excluding carboxylic acids is 1. The Morgan fingerprint density at radius 2 is 1.84 bits per heavy atom. The Morgan fingerprint density at radius 1 is 1.06 bits per heavy atom. The largest absolute Gasteiger partial charge is 0.454 e. The van der Waals surface area contributed by atoms with Crippen molar-refractivity contribution >= 4 is 5.91 Å². The average Bonchev–Trinajstić information content (AvgIpc) is 3.58. The molecule has 1 saturated carbocycles. The number of ether oxygens (including phenoxy) is 3. The van der Waals surface area contributed by atoms with Gasteiger partial charge in [0.15, 0.2) is 11.5 Å². The van der Waals surface area contributed by atoms with Crippen molar-refractivity contribution in [3.8, 4) is 11.5 Å². The van der Waals surface area contributed by atoms with Gasteiger partial charge < -0.3 is 23.9 Å². The van der Waals surface area contributed by atoms with Crippen LogP contribution >= 0.6 is 0 Å². The van der Waals surface area contributed by atoms with Gasteiger partial charge in [0, 0.05) is 38.0 Å². The lowest BCUT2D eigenvalue weighted by atomic mass is 9.94. The van der Waals surface area contributed by atoms with Gasteiger partial charge in [0.2, 0.25) is 24.5 Å². The van der Waals surface area contributed by atoms with Gasteiger partial charge in [0.25, 0.3) is 0 Å². The maximum absolute atomic E-state index is 12.5. The zero-order valence-electron chi connectivity index (χ0n) is 18.3. The number of hydrogen-bond donors (Lipinski definition) is 1. The number of rotatable bonds is 8. The van der Waals surface area contributed by atoms with Gasteiger partial charge in [-0.15, -0.1) is 10.2 Å². The van der Waals surface area contributed by atoms with Gasteiger partial charge in [0.05, 0.1) is 19.6 Å². The van der Waals surface area contributed by atoms with Crippen molar-refractivity contribution in [1.82, 2.24) is 20.4 Å². The van der Waals surface area contributed by atoms with E-state index in [1.54, 1.807) is 0 Å². The first-order chi connectivity index (χ1) is 15.7. The van der Waals surface area contributed by atoms with Crippen LogP contribution in [0.25, 0.3) is 0 Å². The highest BCUT2D eigenvalue weighted by atomic mass is 16.7. The molecule has 3 heterocycles. The molecule has 0 spiro atoms. The fourth-order valence-corrected chi connectivity index (χ4v) is 4.93. The fraction of sp³-hybridized carbons (Fsp3) is 0.609. The third-order valence-electron chi connectivity index (χ3n) is 6.70. The SMILES string of the molecule is O=C(CCc1nnc(Cc2ccc3c(c2)OCO3)o1)NCC1(N2CCOCC2)CCCC1. The van der Waals surface area contributed by atoms with Crippen LogP contribution in [0, 0.1) is 0 Å². The molecule has 1 N–H and O–H groups in total.